The summed E-state index contributed by atoms with van der Waals surface area (Å²) in [5.41, 5.74) is 0.858. The van der Waals surface area contributed by atoms with Crippen molar-refractivity contribution in [1.29, 1.82) is 0 Å². The van der Waals surface area contributed by atoms with E-state index in [9.17, 15) is 22.4 Å². The van der Waals surface area contributed by atoms with Crippen molar-refractivity contribution in [2.45, 2.75) is 57.6 Å². The lowest BCUT2D eigenvalue weighted by Gasteiger charge is -2.34. The summed E-state index contributed by atoms with van der Waals surface area (Å²) < 4.78 is 42.2. The van der Waals surface area contributed by atoms with E-state index in [1.165, 1.54) is 47.4 Å². The molecule has 0 heterocycles. The van der Waals surface area contributed by atoms with Gasteiger partial charge >= 0.3 is 0 Å². The van der Waals surface area contributed by atoms with Gasteiger partial charge in [0.15, 0.2) is 0 Å². The van der Waals surface area contributed by atoms with Crippen molar-refractivity contribution in [3.63, 3.8) is 0 Å². The van der Waals surface area contributed by atoms with E-state index in [2.05, 4.69) is 5.32 Å². The monoisotopic (exact) mass is 573 g/mol. The van der Waals surface area contributed by atoms with Crippen LogP contribution in [-0.2, 0) is 26.2 Å². The highest BCUT2D eigenvalue weighted by atomic mass is 35.5. The number of aryl methyl sites for hydroxylation is 1. The molecule has 0 aliphatic rings. The van der Waals surface area contributed by atoms with E-state index < -0.39 is 45.8 Å². The van der Waals surface area contributed by atoms with E-state index in [-0.39, 0.29) is 17.1 Å². The maximum absolute atomic E-state index is 13.9. The van der Waals surface area contributed by atoms with Crippen molar-refractivity contribution in [2.75, 3.05) is 10.8 Å². The number of anilines is 1. The van der Waals surface area contributed by atoms with Crippen LogP contribution in [0.3, 0.4) is 0 Å². The minimum Gasteiger partial charge on any atom is -0.350 e. The SMILES string of the molecule is Cc1ccc(Cl)cc1N(CC(=O)N(Cc1ccc(F)cc1)[C@H](C)C(=O)NC(C)(C)C)S(=O)(=O)c1ccccc1. The minimum atomic E-state index is -4.20. The van der Waals surface area contributed by atoms with Gasteiger partial charge < -0.3 is 10.2 Å². The highest BCUT2D eigenvalue weighted by Gasteiger charge is 2.34. The quantitative estimate of drug-likeness (QED) is 0.376. The van der Waals surface area contributed by atoms with Crippen LogP contribution in [0, 0.1) is 12.7 Å². The van der Waals surface area contributed by atoms with Gasteiger partial charge in [-0.3, -0.25) is 13.9 Å². The molecule has 0 saturated carbocycles. The van der Waals surface area contributed by atoms with Crippen molar-refractivity contribution in [3.8, 4) is 0 Å². The molecule has 2 amide bonds. The Bertz CT molecular complexity index is 1430. The molecule has 0 aliphatic heterocycles. The van der Waals surface area contributed by atoms with Crippen LogP contribution in [0.25, 0.3) is 0 Å². The van der Waals surface area contributed by atoms with Gasteiger partial charge in [0.1, 0.15) is 18.4 Å². The van der Waals surface area contributed by atoms with Gasteiger partial charge in [0, 0.05) is 17.1 Å². The van der Waals surface area contributed by atoms with Crippen LogP contribution in [0.5, 0.6) is 0 Å². The third-order valence-electron chi connectivity index (χ3n) is 5.98. The van der Waals surface area contributed by atoms with Gasteiger partial charge in [-0.1, -0.05) is 48.0 Å². The first-order valence-electron chi connectivity index (χ1n) is 12.4. The summed E-state index contributed by atoms with van der Waals surface area (Å²) in [5, 5.41) is 3.17. The van der Waals surface area contributed by atoms with Crippen LogP contribution < -0.4 is 9.62 Å². The number of nitrogens with one attached hydrogen (secondary N) is 1. The molecular weight excluding hydrogens is 541 g/mol. The van der Waals surface area contributed by atoms with Gasteiger partial charge in [0.05, 0.1) is 10.6 Å². The first kappa shape index (κ1) is 30.1. The maximum Gasteiger partial charge on any atom is 0.264 e. The van der Waals surface area contributed by atoms with E-state index in [1.807, 2.05) is 20.8 Å². The zero-order valence-electron chi connectivity index (χ0n) is 22.6. The summed E-state index contributed by atoms with van der Waals surface area (Å²) in [7, 11) is -4.20. The molecule has 0 aliphatic carbocycles. The van der Waals surface area contributed by atoms with Crippen LogP contribution in [0.15, 0.2) is 77.7 Å². The summed E-state index contributed by atoms with van der Waals surface area (Å²) in [4.78, 5) is 28.3. The maximum atomic E-state index is 13.9. The average molecular weight is 574 g/mol. The molecule has 0 bridgehead atoms. The minimum absolute atomic E-state index is 0.000726. The number of sulfonamides is 1. The molecule has 0 saturated heterocycles. The molecule has 1 atom stereocenters. The molecule has 7 nitrogen and oxygen atoms in total. The third-order valence-corrected chi connectivity index (χ3v) is 7.99. The number of hydrogen-bond acceptors (Lipinski definition) is 4. The van der Waals surface area contributed by atoms with Crippen LogP contribution >= 0.6 is 11.6 Å². The van der Waals surface area contributed by atoms with Crippen LogP contribution in [0.1, 0.15) is 38.8 Å². The predicted molar refractivity (Wildman–Crippen MR) is 151 cm³/mol. The fourth-order valence-corrected chi connectivity index (χ4v) is 5.59. The molecule has 0 spiro atoms. The third kappa shape index (κ3) is 7.80. The normalized spacial score (nSPS) is 12.5. The van der Waals surface area contributed by atoms with Crippen LogP contribution in [0.2, 0.25) is 5.02 Å². The Hall–Kier alpha value is -3.43. The molecule has 208 valence electrons. The smallest absolute Gasteiger partial charge is 0.264 e. The van der Waals surface area contributed by atoms with Crippen LogP contribution in [0.4, 0.5) is 10.1 Å². The second-order valence-corrected chi connectivity index (χ2v) is 12.6. The van der Waals surface area contributed by atoms with E-state index >= 15 is 0 Å². The van der Waals surface area contributed by atoms with Crippen molar-refractivity contribution < 1.29 is 22.4 Å². The van der Waals surface area contributed by atoms with Gasteiger partial charge in [-0.15, -0.1) is 0 Å². The van der Waals surface area contributed by atoms with Gasteiger partial charge in [0.2, 0.25) is 11.8 Å². The fraction of sp³-hybridized carbons (Fsp3) is 0.310. The summed E-state index contributed by atoms with van der Waals surface area (Å²) in [5.74, 6) is -1.46. The van der Waals surface area contributed by atoms with Crippen LogP contribution in [-0.4, -0.2) is 43.3 Å². The highest BCUT2D eigenvalue weighted by molar-refractivity contribution is 7.92. The lowest BCUT2D eigenvalue weighted by Crippen LogP contribution is -2.54. The van der Waals surface area contributed by atoms with E-state index in [1.54, 1.807) is 44.2 Å². The lowest BCUT2D eigenvalue weighted by molar-refractivity contribution is -0.140. The number of hydrogen-bond donors (Lipinski definition) is 1. The van der Waals surface area contributed by atoms with E-state index in [0.29, 0.717) is 16.1 Å². The molecule has 3 aromatic rings. The molecule has 1 N–H and O–H groups in total. The molecule has 39 heavy (non-hydrogen) atoms. The largest absolute Gasteiger partial charge is 0.350 e. The first-order valence-corrected chi connectivity index (χ1v) is 14.2. The fourth-order valence-electron chi connectivity index (χ4n) is 3.93. The number of benzene rings is 3. The molecule has 3 aromatic carbocycles. The number of rotatable bonds is 9. The molecule has 10 heteroatoms. The summed E-state index contributed by atoms with van der Waals surface area (Å²) in [6, 6.07) is 17.2. The Balaban J connectivity index is 2.06. The van der Waals surface area contributed by atoms with Crippen molar-refractivity contribution in [2.24, 2.45) is 0 Å². The van der Waals surface area contributed by atoms with Crippen molar-refractivity contribution >= 4 is 39.1 Å². The highest BCUT2D eigenvalue weighted by Crippen LogP contribution is 2.30. The van der Waals surface area contributed by atoms with Crippen molar-refractivity contribution in [3.05, 3.63) is 94.8 Å². The number of nitrogens with zero attached hydrogens (tertiary/aromatic N) is 2. The molecule has 0 aromatic heterocycles. The number of carbonyl (C=O) groups excluding carboxylic acids is 2. The Labute approximate surface area is 234 Å². The zero-order valence-corrected chi connectivity index (χ0v) is 24.2. The standard InChI is InChI=1S/C29H33ClFN3O4S/c1-20-11-14-23(30)17-26(20)34(39(37,38)25-9-7-6-8-10-25)19-27(35)33(18-22-12-15-24(31)16-13-22)21(2)28(36)32-29(3,4)5/h6-17,21H,18-19H2,1-5H3,(H,32,36)/t21-/m1/s1. The zero-order chi connectivity index (χ0) is 29.0. The van der Waals surface area contributed by atoms with Gasteiger partial charge in [-0.05, 0) is 82.1 Å². The molecule has 0 fully saturated rings. The Morgan fingerprint density at radius 3 is 2.21 bits per heavy atom. The van der Waals surface area contributed by atoms with Crippen molar-refractivity contribution in [1.82, 2.24) is 10.2 Å². The predicted octanol–water partition coefficient (Wildman–Crippen LogP) is 5.31. The molecule has 0 radical (unpaired) electrons. The molecule has 3 rings (SSSR count). The average Bonchev–Trinajstić information content (AvgIpc) is 2.87. The molecule has 0 unspecified atom stereocenters. The summed E-state index contributed by atoms with van der Waals surface area (Å²) >= 11 is 6.23. The van der Waals surface area contributed by atoms with Gasteiger partial charge in [-0.2, -0.15) is 0 Å². The Kier molecular flexibility index (Phi) is 9.40. The van der Waals surface area contributed by atoms with E-state index in [0.717, 1.165) is 4.31 Å². The van der Waals surface area contributed by atoms with Gasteiger partial charge in [-0.25, -0.2) is 12.8 Å². The second-order valence-electron chi connectivity index (χ2n) is 10.3. The number of halogens is 2. The summed E-state index contributed by atoms with van der Waals surface area (Å²) in [6.07, 6.45) is 0. The van der Waals surface area contributed by atoms with Gasteiger partial charge in [0.25, 0.3) is 10.0 Å². The Morgan fingerprint density at radius 2 is 1.62 bits per heavy atom. The molecular formula is C29H33ClFN3O4S. The second kappa shape index (κ2) is 12.2. The Morgan fingerprint density at radius 1 is 1.00 bits per heavy atom. The van der Waals surface area contributed by atoms with E-state index in [4.69, 9.17) is 11.6 Å². The first-order chi connectivity index (χ1) is 18.2. The lowest BCUT2D eigenvalue weighted by atomic mass is 10.1. The number of amides is 2. The topological polar surface area (TPSA) is 86.8 Å². The summed E-state index contributed by atoms with van der Waals surface area (Å²) in [6.45, 7) is 8.13. The number of carbonyl (C=O) groups is 2.